The highest BCUT2D eigenvalue weighted by Gasteiger charge is 2.39. The van der Waals surface area contributed by atoms with Gasteiger partial charge in [0.25, 0.3) is 0 Å². The standard InChI is InChI=1S/2C10H25NO2Si.CH4.H2S/c2*1-7-9(8-12-11)13-14(5,6)10(2,3)4;;/h2*9H,7-8,11H2,1-6H3;1H4;1H2/t2*9-;;/m10../s1. The van der Waals surface area contributed by atoms with Crippen molar-refractivity contribution in [2.45, 2.75) is 124 Å². The Morgan fingerprint density at radius 3 is 1.03 bits per heavy atom. The SMILES string of the molecule is C.CC[C@@H](CON)O[Si](C)(C)C(C)(C)C.CC[C@H](CON)O[Si](C)(C)C(C)(C)C.S. The Morgan fingerprint density at radius 2 is 0.900 bits per heavy atom. The predicted molar refractivity (Wildman–Crippen MR) is 142 cm³/mol. The first-order chi connectivity index (χ1) is 12.5. The molecule has 0 heterocycles. The van der Waals surface area contributed by atoms with Crippen molar-refractivity contribution in [3.63, 3.8) is 0 Å². The van der Waals surface area contributed by atoms with Crippen LogP contribution in [0.15, 0.2) is 0 Å². The molecule has 9 heteroatoms. The van der Waals surface area contributed by atoms with Crippen LogP contribution in [0.25, 0.3) is 0 Å². The average molecular weight is 489 g/mol. The zero-order chi connectivity index (χ0) is 22.8. The number of hydrogen-bond donors (Lipinski definition) is 2. The molecular formula is C21H56N2O4SSi2. The van der Waals surface area contributed by atoms with Gasteiger partial charge in [-0.3, -0.25) is 0 Å². The topological polar surface area (TPSA) is 89.0 Å². The minimum Gasteiger partial charge on any atom is -0.412 e. The molecule has 0 saturated carbocycles. The summed E-state index contributed by atoms with van der Waals surface area (Å²) in [6, 6.07) is 0. The number of nitrogens with two attached hydrogens (primary N) is 2. The molecular weight excluding hydrogens is 432 g/mol. The molecule has 0 rings (SSSR count). The molecule has 2 atom stereocenters. The quantitative estimate of drug-likeness (QED) is 0.285. The highest BCUT2D eigenvalue weighted by atomic mass is 32.1. The van der Waals surface area contributed by atoms with Crippen LogP contribution in [-0.4, -0.2) is 42.1 Å². The molecule has 6 nitrogen and oxygen atoms in total. The normalized spacial score (nSPS) is 14.6. The number of hydrogen-bond acceptors (Lipinski definition) is 6. The summed E-state index contributed by atoms with van der Waals surface area (Å²) in [6.45, 7) is 27.5. The van der Waals surface area contributed by atoms with E-state index in [9.17, 15) is 0 Å². The first kappa shape index (κ1) is 37.8. The first-order valence-electron chi connectivity index (χ1n) is 10.5. The molecule has 0 amide bonds. The Balaban J connectivity index is -0.000000211. The van der Waals surface area contributed by atoms with Crippen molar-refractivity contribution in [1.82, 2.24) is 0 Å². The van der Waals surface area contributed by atoms with E-state index in [0.29, 0.717) is 13.2 Å². The van der Waals surface area contributed by atoms with Gasteiger partial charge in [0.1, 0.15) is 0 Å². The molecule has 0 saturated heterocycles. The van der Waals surface area contributed by atoms with E-state index in [1.54, 1.807) is 0 Å². The Kier molecular flexibility index (Phi) is 20.4. The van der Waals surface area contributed by atoms with Crippen LogP contribution >= 0.6 is 13.5 Å². The minimum absolute atomic E-state index is 0. The molecule has 0 aliphatic carbocycles. The second kappa shape index (κ2) is 16.2. The summed E-state index contributed by atoms with van der Waals surface area (Å²) in [5.74, 6) is 10.1. The van der Waals surface area contributed by atoms with Gasteiger partial charge in [-0.05, 0) is 49.1 Å². The average Bonchev–Trinajstić information content (AvgIpc) is 2.52. The summed E-state index contributed by atoms with van der Waals surface area (Å²) in [7, 11) is -3.32. The van der Waals surface area contributed by atoms with Crippen molar-refractivity contribution >= 4 is 30.1 Å². The Hall–Kier alpha value is 0.544. The molecule has 4 N–H and O–H groups in total. The Labute approximate surface area is 197 Å². The van der Waals surface area contributed by atoms with Crippen LogP contribution in [0, 0.1) is 0 Å². The van der Waals surface area contributed by atoms with Crippen molar-refractivity contribution in [2.24, 2.45) is 11.8 Å². The molecule has 0 aliphatic heterocycles. The van der Waals surface area contributed by atoms with Crippen LogP contribution in [0.2, 0.25) is 36.3 Å². The zero-order valence-electron chi connectivity index (χ0n) is 21.3. The van der Waals surface area contributed by atoms with Gasteiger partial charge in [0, 0.05) is 0 Å². The van der Waals surface area contributed by atoms with Gasteiger partial charge in [0.05, 0.1) is 25.4 Å². The molecule has 0 fully saturated rings. The number of rotatable bonds is 10. The van der Waals surface area contributed by atoms with Crippen molar-refractivity contribution in [1.29, 1.82) is 0 Å². The van der Waals surface area contributed by atoms with E-state index in [2.05, 4.69) is 91.3 Å². The van der Waals surface area contributed by atoms with Gasteiger partial charge in [0.15, 0.2) is 16.6 Å². The fourth-order valence-electron chi connectivity index (χ4n) is 1.87. The fraction of sp³-hybridized carbons (Fsp3) is 1.00. The third kappa shape index (κ3) is 14.6. The Morgan fingerprint density at radius 1 is 0.667 bits per heavy atom. The van der Waals surface area contributed by atoms with Crippen LogP contribution < -0.4 is 11.8 Å². The third-order valence-corrected chi connectivity index (χ3v) is 15.1. The molecule has 0 bridgehead atoms. The molecule has 30 heavy (non-hydrogen) atoms. The monoisotopic (exact) mass is 488 g/mol. The molecule has 0 radical (unpaired) electrons. The van der Waals surface area contributed by atoms with Crippen molar-refractivity contribution in [3.8, 4) is 0 Å². The summed E-state index contributed by atoms with van der Waals surface area (Å²) in [4.78, 5) is 9.30. The highest BCUT2D eigenvalue weighted by molar-refractivity contribution is 7.59. The van der Waals surface area contributed by atoms with Crippen LogP contribution in [0.5, 0.6) is 0 Å². The van der Waals surface area contributed by atoms with E-state index in [1.165, 1.54) is 0 Å². The summed E-state index contributed by atoms with van der Waals surface area (Å²) < 4.78 is 12.3. The van der Waals surface area contributed by atoms with E-state index < -0.39 is 16.6 Å². The second-order valence-corrected chi connectivity index (χ2v) is 20.0. The van der Waals surface area contributed by atoms with Gasteiger partial charge >= 0.3 is 0 Å². The summed E-state index contributed by atoms with van der Waals surface area (Å²) >= 11 is 0. The van der Waals surface area contributed by atoms with E-state index in [-0.39, 0.29) is 43.2 Å². The molecule has 188 valence electrons. The lowest BCUT2D eigenvalue weighted by Crippen LogP contribution is -2.45. The lowest BCUT2D eigenvalue weighted by Gasteiger charge is -2.38. The molecule has 0 aliphatic rings. The van der Waals surface area contributed by atoms with E-state index in [4.69, 9.17) is 20.6 Å². The summed E-state index contributed by atoms with van der Waals surface area (Å²) in [5.41, 5.74) is 0. The van der Waals surface area contributed by atoms with Crippen LogP contribution in [-0.2, 0) is 18.5 Å². The predicted octanol–water partition coefficient (Wildman–Crippen LogP) is 6.10. The highest BCUT2D eigenvalue weighted by Crippen LogP contribution is 2.38. The maximum Gasteiger partial charge on any atom is 0.192 e. The summed E-state index contributed by atoms with van der Waals surface area (Å²) in [5, 5.41) is 0.490. The summed E-state index contributed by atoms with van der Waals surface area (Å²) in [6.07, 6.45) is 2.18. The minimum atomic E-state index is -1.66. The smallest absolute Gasteiger partial charge is 0.192 e. The van der Waals surface area contributed by atoms with Gasteiger partial charge in [0.2, 0.25) is 0 Å². The second-order valence-electron chi connectivity index (χ2n) is 10.5. The maximum atomic E-state index is 6.13. The lowest BCUT2D eigenvalue weighted by molar-refractivity contribution is 0.0410. The molecule has 0 aromatic carbocycles. The fourth-order valence-corrected chi connectivity index (χ4v) is 4.72. The van der Waals surface area contributed by atoms with Gasteiger partial charge in [-0.15, -0.1) is 0 Å². The van der Waals surface area contributed by atoms with E-state index in [0.717, 1.165) is 12.8 Å². The van der Waals surface area contributed by atoms with Crippen molar-refractivity contribution in [3.05, 3.63) is 0 Å². The van der Waals surface area contributed by atoms with Gasteiger partial charge in [-0.25, -0.2) is 11.8 Å². The molecule has 0 spiro atoms. The van der Waals surface area contributed by atoms with Gasteiger partial charge in [-0.1, -0.05) is 62.8 Å². The maximum absolute atomic E-state index is 6.13. The molecule has 0 aromatic heterocycles. The van der Waals surface area contributed by atoms with E-state index in [1.807, 2.05) is 0 Å². The van der Waals surface area contributed by atoms with Crippen LogP contribution in [0.1, 0.15) is 75.7 Å². The zero-order valence-corrected chi connectivity index (χ0v) is 24.3. The Bertz CT molecular complexity index is 377. The molecule has 0 unspecified atom stereocenters. The van der Waals surface area contributed by atoms with E-state index >= 15 is 0 Å². The van der Waals surface area contributed by atoms with Gasteiger partial charge < -0.3 is 18.5 Å². The van der Waals surface area contributed by atoms with Crippen LogP contribution in [0.3, 0.4) is 0 Å². The third-order valence-electron chi connectivity index (χ3n) is 6.01. The molecule has 0 aromatic rings. The van der Waals surface area contributed by atoms with Crippen LogP contribution in [0.4, 0.5) is 0 Å². The van der Waals surface area contributed by atoms with Crippen molar-refractivity contribution in [2.75, 3.05) is 13.2 Å². The first-order valence-corrected chi connectivity index (χ1v) is 16.3. The lowest BCUT2D eigenvalue weighted by atomic mass is 10.2. The van der Waals surface area contributed by atoms with Crippen molar-refractivity contribution < 1.29 is 18.5 Å². The van der Waals surface area contributed by atoms with Gasteiger partial charge in [-0.2, -0.15) is 13.5 Å². The largest absolute Gasteiger partial charge is 0.412 e.